The standard InChI is InChI=1S/C14H19N5O/c1-3-19(4-2)14(20)12-9-11(5-6-15-12)18-10-13-16-7-8-17-13/h5-9H,3-4,10H2,1-2H3,(H,15,18)(H,16,17). The lowest BCUT2D eigenvalue weighted by Gasteiger charge is -2.18. The van der Waals surface area contributed by atoms with Gasteiger partial charge in [-0.2, -0.15) is 0 Å². The average Bonchev–Trinajstić information content (AvgIpc) is 3.00. The van der Waals surface area contributed by atoms with Gasteiger partial charge in [-0.3, -0.25) is 9.78 Å². The van der Waals surface area contributed by atoms with E-state index in [1.807, 2.05) is 19.9 Å². The number of amides is 1. The van der Waals surface area contributed by atoms with E-state index in [1.54, 1.807) is 29.6 Å². The molecule has 0 unspecified atom stereocenters. The van der Waals surface area contributed by atoms with E-state index >= 15 is 0 Å². The van der Waals surface area contributed by atoms with Crippen LogP contribution < -0.4 is 5.32 Å². The van der Waals surface area contributed by atoms with Gasteiger partial charge in [0.1, 0.15) is 11.5 Å². The third-order valence-corrected chi connectivity index (χ3v) is 3.04. The largest absolute Gasteiger partial charge is 0.378 e. The molecule has 2 rings (SSSR count). The SMILES string of the molecule is CCN(CC)C(=O)c1cc(NCc2ncc[nH]2)ccn1. The molecule has 0 fully saturated rings. The first kappa shape index (κ1) is 14.0. The highest BCUT2D eigenvalue weighted by molar-refractivity contribution is 5.93. The molecule has 0 aliphatic rings. The van der Waals surface area contributed by atoms with E-state index in [0.29, 0.717) is 25.3 Å². The number of carbonyl (C=O) groups is 1. The van der Waals surface area contributed by atoms with Crippen LogP contribution in [0.3, 0.4) is 0 Å². The molecular weight excluding hydrogens is 254 g/mol. The number of hydrogen-bond acceptors (Lipinski definition) is 4. The van der Waals surface area contributed by atoms with E-state index in [1.165, 1.54) is 0 Å². The first-order chi connectivity index (χ1) is 9.74. The van der Waals surface area contributed by atoms with Gasteiger partial charge >= 0.3 is 0 Å². The first-order valence-corrected chi connectivity index (χ1v) is 6.72. The summed E-state index contributed by atoms with van der Waals surface area (Å²) in [5.74, 6) is 0.801. The van der Waals surface area contributed by atoms with Crippen molar-refractivity contribution in [3.05, 3.63) is 42.2 Å². The fourth-order valence-corrected chi connectivity index (χ4v) is 1.91. The van der Waals surface area contributed by atoms with Crippen LogP contribution in [0.15, 0.2) is 30.7 Å². The third kappa shape index (κ3) is 3.34. The van der Waals surface area contributed by atoms with E-state index in [2.05, 4.69) is 20.3 Å². The Hall–Kier alpha value is -2.37. The van der Waals surface area contributed by atoms with Crippen molar-refractivity contribution in [3.63, 3.8) is 0 Å². The van der Waals surface area contributed by atoms with Crippen LogP contribution in [0.2, 0.25) is 0 Å². The minimum absolute atomic E-state index is 0.0448. The summed E-state index contributed by atoms with van der Waals surface area (Å²) in [5, 5.41) is 3.21. The number of aromatic nitrogens is 3. The minimum atomic E-state index is -0.0448. The van der Waals surface area contributed by atoms with Crippen molar-refractivity contribution >= 4 is 11.6 Å². The van der Waals surface area contributed by atoms with Gasteiger partial charge in [0.05, 0.1) is 6.54 Å². The Morgan fingerprint density at radius 2 is 2.10 bits per heavy atom. The van der Waals surface area contributed by atoms with Crippen molar-refractivity contribution in [2.24, 2.45) is 0 Å². The lowest BCUT2D eigenvalue weighted by molar-refractivity contribution is 0.0767. The molecule has 0 bridgehead atoms. The number of H-pyrrole nitrogens is 1. The summed E-state index contributed by atoms with van der Waals surface area (Å²) in [4.78, 5) is 25.3. The normalized spacial score (nSPS) is 10.3. The molecule has 6 heteroatoms. The van der Waals surface area contributed by atoms with Crippen LogP contribution in [0.25, 0.3) is 0 Å². The number of rotatable bonds is 6. The summed E-state index contributed by atoms with van der Waals surface area (Å²) in [6.07, 6.45) is 5.12. The number of pyridine rings is 1. The Balaban J connectivity index is 2.05. The molecule has 1 amide bonds. The maximum atomic E-state index is 12.2. The molecule has 20 heavy (non-hydrogen) atoms. The van der Waals surface area contributed by atoms with Crippen molar-refractivity contribution in [2.45, 2.75) is 20.4 Å². The van der Waals surface area contributed by atoms with E-state index in [4.69, 9.17) is 0 Å². The molecule has 6 nitrogen and oxygen atoms in total. The zero-order valence-electron chi connectivity index (χ0n) is 11.8. The zero-order valence-corrected chi connectivity index (χ0v) is 11.8. The summed E-state index contributed by atoms with van der Waals surface area (Å²) in [6, 6.07) is 3.60. The second-order valence-electron chi connectivity index (χ2n) is 4.30. The van der Waals surface area contributed by atoms with Crippen LogP contribution in [-0.4, -0.2) is 38.8 Å². The Bertz CT molecular complexity index is 548. The number of nitrogens with one attached hydrogen (secondary N) is 2. The Kier molecular flexibility index (Phi) is 4.70. The molecule has 2 N–H and O–H groups in total. The number of anilines is 1. The number of nitrogens with zero attached hydrogens (tertiary/aromatic N) is 3. The summed E-state index contributed by atoms with van der Waals surface area (Å²) in [6.45, 7) is 5.86. The Labute approximate surface area is 118 Å². The van der Waals surface area contributed by atoms with Gasteiger partial charge in [0.25, 0.3) is 5.91 Å². The van der Waals surface area contributed by atoms with E-state index in [9.17, 15) is 4.79 Å². The Morgan fingerprint density at radius 1 is 1.30 bits per heavy atom. The quantitative estimate of drug-likeness (QED) is 0.843. The maximum absolute atomic E-state index is 12.2. The summed E-state index contributed by atoms with van der Waals surface area (Å²) in [5.41, 5.74) is 1.31. The lowest BCUT2D eigenvalue weighted by Crippen LogP contribution is -2.31. The van der Waals surface area contributed by atoms with Crippen molar-refractivity contribution in [1.82, 2.24) is 19.9 Å². The topological polar surface area (TPSA) is 73.9 Å². The summed E-state index contributed by atoms with van der Waals surface area (Å²) in [7, 11) is 0. The summed E-state index contributed by atoms with van der Waals surface area (Å²) >= 11 is 0. The van der Waals surface area contributed by atoms with Crippen LogP contribution in [0.4, 0.5) is 5.69 Å². The van der Waals surface area contributed by atoms with Crippen LogP contribution in [0, 0.1) is 0 Å². The summed E-state index contributed by atoms with van der Waals surface area (Å²) < 4.78 is 0. The highest BCUT2D eigenvalue weighted by Gasteiger charge is 2.14. The average molecular weight is 273 g/mol. The molecule has 0 saturated heterocycles. The molecule has 0 atom stereocenters. The number of carbonyl (C=O) groups excluding carboxylic acids is 1. The van der Waals surface area contributed by atoms with Crippen LogP contribution in [-0.2, 0) is 6.54 Å². The smallest absolute Gasteiger partial charge is 0.272 e. The fourth-order valence-electron chi connectivity index (χ4n) is 1.91. The van der Waals surface area contributed by atoms with Crippen LogP contribution in [0.5, 0.6) is 0 Å². The predicted octanol–water partition coefficient (Wildman–Crippen LogP) is 1.90. The molecule has 2 aromatic rings. The fraction of sp³-hybridized carbons (Fsp3) is 0.357. The maximum Gasteiger partial charge on any atom is 0.272 e. The molecule has 0 aliphatic heterocycles. The molecule has 0 saturated carbocycles. The number of hydrogen-bond donors (Lipinski definition) is 2. The molecule has 106 valence electrons. The van der Waals surface area contributed by atoms with E-state index in [-0.39, 0.29) is 5.91 Å². The lowest BCUT2D eigenvalue weighted by atomic mass is 10.2. The number of aromatic amines is 1. The minimum Gasteiger partial charge on any atom is -0.378 e. The van der Waals surface area contributed by atoms with Crippen molar-refractivity contribution < 1.29 is 4.79 Å². The van der Waals surface area contributed by atoms with Gasteiger partial charge in [-0.25, -0.2) is 4.98 Å². The monoisotopic (exact) mass is 273 g/mol. The molecule has 0 aromatic carbocycles. The number of imidazole rings is 1. The zero-order chi connectivity index (χ0) is 14.4. The second-order valence-corrected chi connectivity index (χ2v) is 4.30. The van der Waals surface area contributed by atoms with Gasteiger partial charge in [0.2, 0.25) is 0 Å². The van der Waals surface area contributed by atoms with Gasteiger partial charge < -0.3 is 15.2 Å². The molecular formula is C14H19N5O. The van der Waals surface area contributed by atoms with Gasteiger partial charge in [-0.05, 0) is 26.0 Å². The Morgan fingerprint density at radius 3 is 2.75 bits per heavy atom. The van der Waals surface area contributed by atoms with E-state index in [0.717, 1.165) is 11.5 Å². The van der Waals surface area contributed by atoms with E-state index < -0.39 is 0 Å². The van der Waals surface area contributed by atoms with Crippen molar-refractivity contribution in [1.29, 1.82) is 0 Å². The third-order valence-electron chi connectivity index (χ3n) is 3.04. The van der Waals surface area contributed by atoms with Gasteiger partial charge in [-0.15, -0.1) is 0 Å². The predicted molar refractivity (Wildman–Crippen MR) is 77.4 cm³/mol. The van der Waals surface area contributed by atoms with Gasteiger partial charge in [0.15, 0.2) is 0 Å². The molecule has 2 heterocycles. The molecule has 0 radical (unpaired) electrons. The van der Waals surface area contributed by atoms with Crippen LogP contribution >= 0.6 is 0 Å². The van der Waals surface area contributed by atoms with Gasteiger partial charge in [-0.1, -0.05) is 0 Å². The van der Waals surface area contributed by atoms with Crippen molar-refractivity contribution in [3.8, 4) is 0 Å². The highest BCUT2D eigenvalue weighted by atomic mass is 16.2. The highest BCUT2D eigenvalue weighted by Crippen LogP contribution is 2.11. The first-order valence-electron chi connectivity index (χ1n) is 6.72. The molecule has 0 spiro atoms. The van der Waals surface area contributed by atoms with Crippen LogP contribution in [0.1, 0.15) is 30.2 Å². The second kappa shape index (κ2) is 6.70. The van der Waals surface area contributed by atoms with Gasteiger partial charge in [0, 0.05) is 37.4 Å². The molecule has 0 aliphatic carbocycles. The van der Waals surface area contributed by atoms with Crippen molar-refractivity contribution in [2.75, 3.05) is 18.4 Å². The molecule has 2 aromatic heterocycles.